The minimum Gasteiger partial charge on any atom is -0.497 e. The van der Waals surface area contributed by atoms with E-state index in [1.54, 1.807) is 36.6 Å². The quantitative estimate of drug-likeness (QED) is 0.0695. The third kappa shape index (κ3) is 17.6. The average Bonchev–Trinajstić information content (AvgIpc) is 1.52. The molecule has 0 spiro atoms. The van der Waals surface area contributed by atoms with E-state index in [2.05, 4.69) is 192 Å². The van der Waals surface area contributed by atoms with E-state index in [-0.39, 0.29) is 124 Å². The van der Waals surface area contributed by atoms with Crippen molar-refractivity contribution in [1.82, 2.24) is 0 Å². The van der Waals surface area contributed by atoms with E-state index in [4.69, 9.17) is 18.3 Å². The second-order valence-corrected chi connectivity index (χ2v) is 51.0. The van der Waals surface area contributed by atoms with Crippen LogP contribution < -0.4 is 28.3 Å². The Balaban J connectivity index is 0.000000184. The van der Waals surface area contributed by atoms with Crippen molar-refractivity contribution in [2.24, 2.45) is 0 Å². The van der Waals surface area contributed by atoms with E-state index in [9.17, 15) is 17.6 Å². The SMILES string of the molecule is C.CC1(C)CCC(C)(C)c2sc(-c3cc(C4=C(F)C(F)(F)C(F)(F)C4(F)F)c(-c4cc5c(s4)C(C)(C)CCC5(C)C)s3)cc21.COc1ccc2oc(-c3ccc(C(C)(C)C)cc3)c(Br)c2c1.COc1ccc2oc(-c3ccc(C(C)(C)C)cc3)c(C3=C(c4cc(-c5cc6c(s5)C(C)(C)CCC6(C)C)sc4-c4cc5c(s4)C(C)(C)CCC5(C)C)C(F)(F)C(F)(F)C3(F)F)c2c1.[CH2-]CCC.[Li+]. The molecule has 0 saturated heterocycles. The minimum atomic E-state index is -5.90. The molecule has 4 aromatic carbocycles. The largest absolute Gasteiger partial charge is 1.00 e. The Morgan fingerprint density at radius 3 is 1.00 bits per heavy atom. The second-order valence-electron chi connectivity index (χ2n) is 43.9. The van der Waals surface area contributed by atoms with Crippen molar-refractivity contribution in [1.29, 1.82) is 0 Å². The maximum absolute atomic E-state index is 17.3. The molecule has 0 fully saturated rings. The molecule has 6 aliphatic rings. The first-order valence-electron chi connectivity index (χ1n) is 45.0. The number of alkyl halides is 12. The molecule has 0 bridgehead atoms. The van der Waals surface area contributed by atoms with Crippen LogP contribution in [0.15, 0.2) is 140 Å². The van der Waals surface area contributed by atoms with E-state index in [0.717, 1.165) is 154 Å². The summed E-state index contributed by atoms with van der Waals surface area (Å²) in [5, 5.41) is 0.988. The number of thiophene rings is 6. The summed E-state index contributed by atoms with van der Waals surface area (Å²) in [6, 6.07) is 36.5. The summed E-state index contributed by atoms with van der Waals surface area (Å²) in [5.74, 6) is -34.4. The van der Waals surface area contributed by atoms with Gasteiger partial charge in [0, 0.05) is 98.5 Å². The number of benzene rings is 4. The maximum atomic E-state index is 17.3. The van der Waals surface area contributed by atoms with Crippen LogP contribution in [-0.2, 0) is 54.1 Å². The van der Waals surface area contributed by atoms with Gasteiger partial charge in [-0.15, -0.1) is 68.0 Å². The normalized spacial score (nSPS) is 20.4. The number of furan rings is 2. The Morgan fingerprint density at radius 2 is 0.664 bits per heavy atom. The molecule has 6 aliphatic carbocycles. The zero-order valence-corrected chi connectivity index (χ0v) is 87.2. The van der Waals surface area contributed by atoms with Crippen molar-refractivity contribution < 1.29 is 94.2 Å². The molecule has 8 aromatic heterocycles. The molecule has 25 heteroatoms. The number of methoxy groups -OCH3 is 2. The fraction of sp³-hybridized carbons (Fsp3) is 0.477. The van der Waals surface area contributed by atoms with E-state index in [0.29, 0.717) is 19.5 Å². The molecule has 716 valence electrons. The summed E-state index contributed by atoms with van der Waals surface area (Å²) in [6.45, 7) is 52.8. The predicted molar refractivity (Wildman–Crippen MR) is 536 cm³/mol. The Hall–Kier alpha value is -6.59. The Kier molecular flexibility index (Phi) is 27.6. The van der Waals surface area contributed by atoms with Crippen molar-refractivity contribution >= 4 is 123 Å². The van der Waals surface area contributed by atoms with Crippen LogP contribution in [0.3, 0.4) is 0 Å². The van der Waals surface area contributed by atoms with Crippen LogP contribution in [0.25, 0.3) is 100 Å². The van der Waals surface area contributed by atoms with Gasteiger partial charge in [0.15, 0.2) is 5.83 Å². The number of hydrogen-bond acceptors (Lipinski definition) is 10. The van der Waals surface area contributed by atoms with Gasteiger partial charge in [0.1, 0.15) is 34.2 Å². The van der Waals surface area contributed by atoms with Crippen molar-refractivity contribution in [3.05, 3.63) is 208 Å². The molecule has 4 nitrogen and oxygen atoms in total. The van der Waals surface area contributed by atoms with E-state index in [1.165, 1.54) is 93.6 Å². The second kappa shape index (κ2) is 35.3. The van der Waals surface area contributed by atoms with Crippen molar-refractivity contribution in [3.63, 3.8) is 0 Å². The maximum Gasteiger partial charge on any atom is 1.00 e. The molecule has 8 heterocycles. The fourth-order valence-electron chi connectivity index (χ4n) is 19.1. The summed E-state index contributed by atoms with van der Waals surface area (Å²) in [5.41, 5.74) is 1.08. The smallest absolute Gasteiger partial charge is 0.497 e. The van der Waals surface area contributed by atoms with Crippen LogP contribution in [0.4, 0.5) is 57.1 Å². The number of rotatable bonds is 12. The Morgan fingerprint density at radius 1 is 0.373 bits per heavy atom. The van der Waals surface area contributed by atoms with Crippen LogP contribution in [0.2, 0.25) is 0 Å². The van der Waals surface area contributed by atoms with Crippen molar-refractivity contribution in [2.75, 3.05) is 14.2 Å². The standard InChI is InChI=1S/C52H54F6O2S3.C33H35F7S3.C19H19BrO2.C4H9.CH4.Li/c1-45(2,3)28-15-13-27(14-16-28)41-38(30-23-29(59-12)17-18-34(30)60-41)40-39(50(53,54)52(57,58)51(40,55)56)31-24-35(36-25-32-43(62-36)48(8,9)21-19-46(32,4)5)61-42(31)37-26-33-44(63-37)49(10,11)22-20-47(33,6)7;1-27(2)9-11-29(5,6)25-17(27)14-20(42-25)19-13-16(22-24(34)32(37,38)33(39,40)31(22,35)36)23(41-19)21-15-18-26(43-21)30(7,8)12-10-28(18,3)4;1-19(2,3)13-7-5-12(6-8-13)18-17(20)15-11-14(21-4)9-10-16(15)22-18;1-3-4-2;;/h13-18,23-26H,19-22H2,1-12H3;13-15H,9-12H2,1-8H3;5-11H,1-4H3;1,3-4H2,2H3;1H4;/q;;;-1;;+1. The molecule has 0 amide bonds. The fourth-order valence-corrected chi connectivity index (χ4v) is 28.2. The molecule has 0 N–H and O–H groups in total. The topological polar surface area (TPSA) is 44.7 Å². The van der Waals surface area contributed by atoms with Gasteiger partial charge >= 0.3 is 54.4 Å². The minimum absolute atomic E-state index is 0. The van der Waals surface area contributed by atoms with Crippen molar-refractivity contribution in [2.45, 2.75) is 321 Å². The van der Waals surface area contributed by atoms with Crippen LogP contribution in [0.5, 0.6) is 11.5 Å². The number of halogens is 14. The van der Waals surface area contributed by atoms with Crippen LogP contribution >= 0.6 is 84.0 Å². The van der Waals surface area contributed by atoms with E-state index < -0.39 is 69.2 Å². The summed E-state index contributed by atoms with van der Waals surface area (Å²) >= 11 is 11.8. The first-order chi connectivity index (χ1) is 60.8. The first-order valence-corrected chi connectivity index (χ1v) is 50.7. The zero-order valence-electron chi connectivity index (χ0n) is 80.7. The van der Waals surface area contributed by atoms with Gasteiger partial charge in [-0.2, -0.15) is 59.1 Å². The summed E-state index contributed by atoms with van der Waals surface area (Å²) < 4.78 is 230. The Labute approximate surface area is 826 Å². The van der Waals surface area contributed by atoms with Gasteiger partial charge in [-0.3, -0.25) is 0 Å². The van der Waals surface area contributed by atoms with Gasteiger partial charge in [0.2, 0.25) is 0 Å². The molecule has 0 unspecified atom stereocenters. The van der Waals surface area contributed by atoms with Gasteiger partial charge in [-0.1, -0.05) is 222 Å². The molecule has 18 rings (SSSR count). The van der Waals surface area contributed by atoms with Gasteiger partial charge in [0.05, 0.1) is 34.0 Å². The molecular weight excluding hydrogens is 1900 g/mol. The van der Waals surface area contributed by atoms with Crippen LogP contribution in [0, 0.1) is 6.92 Å². The number of fused-ring (bicyclic) bond motifs is 6. The molecule has 0 aliphatic heterocycles. The van der Waals surface area contributed by atoms with Crippen LogP contribution in [-0.4, -0.2) is 49.8 Å². The molecule has 0 saturated carbocycles. The molecular formula is C109H121BrF13LiO4S6. The van der Waals surface area contributed by atoms with Gasteiger partial charge in [-0.25, -0.2) is 4.39 Å². The zero-order chi connectivity index (χ0) is 97.1. The summed E-state index contributed by atoms with van der Waals surface area (Å²) in [7, 11) is 3.05. The summed E-state index contributed by atoms with van der Waals surface area (Å²) in [6.07, 6.45) is 9.64. The Bertz CT molecular complexity index is 6400. The molecule has 12 aromatic rings. The third-order valence-corrected chi connectivity index (χ3v) is 38.2. The van der Waals surface area contributed by atoms with E-state index in [1.807, 2.05) is 69.3 Å². The predicted octanol–water partition coefficient (Wildman–Crippen LogP) is 35.4. The van der Waals surface area contributed by atoms with E-state index >= 15 is 39.5 Å². The van der Waals surface area contributed by atoms with Crippen molar-refractivity contribution in [3.8, 4) is 73.2 Å². The average molecular weight is 2020 g/mol. The number of allylic oxidation sites excluding steroid dienone is 4. The molecule has 0 radical (unpaired) electrons. The van der Waals surface area contributed by atoms with Gasteiger partial charge in [0.25, 0.3) is 0 Å². The molecule has 134 heavy (non-hydrogen) atoms. The summed E-state index contributed by atoms with van der Waals surface area (Å²) in [4.78, 5) is 8.49. The van der Waals surface area contributed by atoms with Gasteiger partial charge in [-0.05, 0) is 228 Å². The monoisotopic (exact) mass is 2020 g/mol. The number of hydrogen-bond donors (Lipinski definition) is 0. The number of ether oxygens (including phenoxy) is 2. The first kappa shape index (κ1) is 105. The third-order valence-electron chi connectivity index (χ3n) is 28.4. The van der Waals surface area contributed by atoms with Gasteiger partial charge < -0.3 is 25.2 Å². The van der Waals surface area contributed by atoms with Crippen LogP contribution in [0.1, 0.15) is 300 Å². The molecule has 0 atom stereocenters. The number of unbranched alkanes of at least 4 members (excludes halogenated alkanes) is 1.